The van der Waals surface area contributed by atoms with Crippen LogP contribution in [-0.4, -0.2) is 19.1 Å². The van der Waals surface area contributed by atoms with Gasteiger partial charge in [0.2, 0.25) is 0 Å². The van der Waals surface area contributed by atoms with Crippen molar-refractivity contribution in [2.45, 2.75) is 58.4 Å². The van der Waals surface area contributed by atoms with Crippen molar-refractivity contribution in [3.63, 3.8) is 0 Å². The summed E-state index contributed by atoms with van der Waals surface area (Å²) in [7, 11) is 2.21. The quantitative estimate of drug-likeness (QED) is 0.899. The Morgan fingerprint density at radius 1 is 1.05 bits per heavy atom. The lowest BCUT2D eigenvalue weighted by Crippen LogP contribution is -2.55. The first kappa shape index (κ1) is 15.4. The van der Waals surface area contributed by atoms with Crippen molar-refractivity contribution in [2.24, 2.45) is 11.1 Å². The number of aryl methyl sites for hydroxylation is 1. The second-order valence-corrected chi connectivity index (χ2v) is 7.17. The summed E-state index contributed by atoms with van der Waals surface area (Å²) in [6, 6.07) is 8.97. The van der Waals surface area contributed by atoms with Crippen molar-refractivity contribution in [3.05, 3.63) is 29.8 Å². The smallest absolute Gasteiger partial charge is 0.0521 e. The van der Waals surface area contributed by atoms with Crippen LogP contribution in [0.2, 0.25) is 0 Å². The first-order valence-corrected chi connectivity index (χ1v) is 7.95. The Bertz CT molecular complexity index is 423. The number of anilines is 1. The van der Waals surface area contributed by atoms with Crippen molar-refractivity contribution in [3.8, 4) is 0 Å². The first-order chi connectivity index (χ1) is 9.42. The summed E-state index contributed by atoms with van der Waals surface area (Å²) in [5, 5.41) is 0. The molecule has 20 heavy (non-hydrogen) atoms. The van der Waals surface area contributed by atoms with Crippen molar-refractivity contribution in [1.82, 2.24) is 0 Å². The van der Waals surface area contributed by atoms with Gasteiger partial charge in [-0.25, -0.2) is 0 Å². The van der Waals surface area contributed by atoms with Crippen LogP contribution in [0.1, 0.15) is 52.0 Å². The van der Waals surface area contributed by atoms with Gasteiger partial charge in [-0.05, 0) is 55.2 Å². The standard InChI is InChI=1S/C18H30N2/c1-5-15-6-8-16(9-7-15)20(4)18(14-19)12-10-17(2,3)11-13-18/h6-9H,5,10-14,19H2,1-4H3. The number of hydrogen-bond donors (Lipinski definition) is 1. The SMILES string of the molecule is CCc1ccc(N(C)C2(CN)CCC(C)(C)CC2)cc1. The van der Waals surface area contributed by atoms with E-state index in [0.29, 0.717) is 5.41 Å². The van der Waals surface area contributed by atoms with Gasteiger partial charge in [0.1, 0.15) is 0 Å². The second-order valence-electron chi connectivity index (χ2n) is 7.17. The minimum atomic E-state index is 0.142. The largest absolute Gasteiger partial charge is 0.368 e. The summed E-state index contributed by atoms with van der Waals surface area (Å²) < 4.78 is 0. The van der Waals surface area contributed by atoms with Gasteiger partial charge in [0.15, 0.2) is 0 Å². The van der Waals surface area contributed by atoms with Crippen LogP contribution in [0.4, 0.5) is 5.69 Å². The number of likely N-dealkylation sites (N-methyl/N-ethyl adjacent to an activating group) is 1. The minimum Gasteiger partial charge on any atom is -0.368 e. The molecule has 0 unspecified atom stereocenters. The number of benzene rings is 1. The fraction of sp³-hybridized carbons (Fsp3) is 0.667. The lowest BCUT2D eigenvalue weighted by Gasteiger charge is -2.49. The Labute approximate surface area is 124 Å². The Balaban J connectivity index is 2.18. The number of hydrogen-bond acceptors (Lipinski definition) is 2. The van der Waals surface area contributed by atoms with Crippen LogP contribution in [0.3, 0.4) is 0 Å². The maximum Gasteiger partial charge on any atom is 0.0521 e. The van der Waals surface area contributed by atoms with Gasteiger partial charge >= 0.3 is 0 Å². The van der Waals surface area contributed by atoms with Gasteiger partial charge in [0.25, 0.3) is 0 Å². The molecular formula is C18H30N2. The van der Waals surface area contributed by atoms with E-state index in [1.54, 1.807) is 0 Å². The molecule has 2 rings (SSSR count). The Kier molecular flexibility index (Phi) is 4.43. The molecule has 0 aliphatic heterocycles. The molecule has 1 aromatic carbocycles. The Hall–Kier alpha value is -1.02. The average molecular weight is 274 g/mol. The molecule has 0 saturated heterocycles. The fourth-order valence-corrected chi connectivity index (χ4v) is 3.30. The van der Waals surface area contributed by atoms with Gasteiger partial charge in [-0.1, -0.05) is 32.9 Å². The zero-order valence-corrected chi connectivity index (χ0v) is 13.6. The summed E-state index contributed by atoms with van der Waals surface area (Å²) in [5.41, 5.74) is 9.49. The summed E-state index contributed by atoms with van der Waals surface area (Å²) in [5.74, 6) is 0. The van der Waals surface area contributed by atoms with E-state index in [-0.39, 0.29) is 5.54 Å². The van der Waals surface area contributed by atoms with E-state index >= 15 is 0 Å². The van der Waals surface area contributed by atoms with Crippen LogP contribution in [0.5, 0.6) is 0 Å². The van der Waals surface area contributed by atoms with Crippen molar-refractivity contribution >= 4 is 5.69 Å². The zero-order chi connectivity index (χ0) is 14.8. The van der Waals surface area contributed by atoms with E-state index in [1.165, 1.54) is 36.9 Å². The Morgan fingerprint density at radius 3 is 2.05 bits per heavy atom. The molecular weight excluding hydrogens is 244 g/mol. The van der Waals surface area contributed by atoms with E-state index in [2.05, 4.69) is 57.0 Å². The van der Waals surface area contributed by atoms with Gasteiger partial charge in [-0.3, -0.25) is 0 Å². The van der Waals surface area contributed by atoms with Gasteiger partial charge in [0, 0.05) is 19.3 Å². The van der Waals surface area contributed by atoms with Gasteiger partial charge in [-0.2, -0.15) is 0 Å². The average Bonchev–Trinajstić information content (AvgIpc) is 2.47. The van der Waals surface area contributed by atoms with E-state index in [0.717, 1.165) is 13.0 Å². The molecule has 1 aliphatic rings. The number of nitrogens with two attached hydrogens (primary N) is 1. The van der Waals surface area contributed by atoms with Crippen LogP contribution >= 0.6 is 0 Å². The first-order valence-electron chi connectivity index (χ1n) is 7.95. The summed E-state index contributed by atoms with van der Waals surface area (Å²) in [6.45, 7) is 7.70. The van der Waals surface area contributed by atoms with Gasteiger partial charge < -0.3 is 10.6 Å². The van der Waals surface area contributed by atoms with Crippen LogP contribution < -0.4 is 10.6 Å². The molecule has 0 atom stereocenters. The molecule has 2 N–H and O–H groups in total. The van der Waals surface area contributed by atoms with E-state index < -0.39 is 0 Å². The predicted octanol–water partition coefficient (Wildman–Crippen LogP) is 3.98. The van der Waals surface area contributed by atoms with Crippen molar-refractivity contribution < 1.29 is 0 Å². The molecule has 1 saturated carbocycles. The molecule has 0 bridgehead atoms. The van der Waals surface area contributed by atoms with Gasteiger partial charge in [-0.15, -0.1) is 0 Å². The lowest BCUT2D eigenvalue weighted by atomic mass is 9.68. The maximum absolute atomic E-state index is 6.18. The number of rotatable bonds is 4. The summed E-state index contributed by atoms with van der Waals surface area (Å²) in [4.78, 5) is 2.43. The summed E-state index contributed by atoms with van der Waals surface area (Å²) >= 11 is 0. The zero-order valence-electron chi connectivity index (χ0n) is 13.6. The third-order valence-electron chi connectivity index (χ3n) is 5.36. The second kappa shape index (κ2) is 5.77. The van der Waals surface area contributed by atoms with Crippen LogP contribution in [0.15, 0.2) is 24.3 Å². The topological polar surface area (TPSA) is 29.3 Å². The van der Waals surface area contributed by atoms with Crippen molar-refractivity contribution in [1.29, 1.82) is 0 Å². The fourth-order valence-electron chi connectivity index (χ4n) is 3.30. The highest BCUT2D eigenvalue weighted by molar-refractivity contribution is 5.50. The highest BCUT2D eigenvalue weighted by Gasteiger charge is 2.40. The van der Waals surface area contributed by atoms with Crippen LogP contribution in [-0.2, 0) is 6.42 Å². The predicted molar refractivity (Wildman–Crippen MR) is 88.3 cm³/mol. The Morgan fingerprint density at radius 2 is 1.60 bits per heavy atom. The molecule has 0 amide bonds. The van der Waals surface area contributed by atoms with E-state index in [4.69, 9.17) is 5.73 Å². The molecule has 0 spiro atoms. The third-order valence-corrected chi connectivity index (χ3v) is 5.36. The molecule has 112 valence electrons. The molecule has 1 aliphatic carbocycles. The number of nitrogens with zero attached hydrogens (tertiary/aromatic N) is 1. The summed E-state index contributed by atoms with van der Waals surface area (Å²) in [6.07, 6.45) is 6.02. The third kappa shape index (κ3) is 3.01. The van der Waals surface area contributed by atoms with Gasteiger partial charge in [0.05, 0.1) is 5.54 Å². The minimum absolute atomic E-state index is 0.142. The highest BCUT2D eigenvalue weighted by atomic mass is 15.2. The highest BCUT2D eigenvalue weighted by Crippen LogP contribution is 2.43. The molecule has 0 aromatic heterocycles. The maximum atomic E-state index is 6.18. The van der Waals surface area contributed by atoms with E-state index in [9.17, 15) is 0 Å². The van der Waals surface area contributed by atoms with Crippen molar-refractivity contribution in [2.75, 3.05) is 18.5 Å². The molecule has 1 aromatic rings. The molecule has 0 radical (unpaired) electrons. The van der Waals surface area contributed by atoms with E-state index in [1.807, 2.05) is 0 Å². The molecule has 0 heterocycles. The molecule has 2 nitrogen and oxygen atoms in total. The lowest BCUT2D eigenvalue weighted by molar-refractivity contribution is 0.165. The molecule has 1 fully saturated rings. The normalized spacial score (nSPS) is 20.6. The van der Waals surface area contributed by atoms with Crippen LogP contribution in [0, 0.1) is 5.41 Å². The molecule has 2 heteroatoms. The monoisotopic (exact) mass is 274 g/mol. The van der Waals surface area contributed by atoms with Crippen LogP contribution in [0.25, 0.3) is 0 Å².